The molecule has 0 aromatic heterocycles. The molecule has 1 rings (SSSR count). The summed E-state index contributed by atoms with van der Waals surface area (Å²) < 4.78 is 0. The molecular formula is C20H37NO2S. The minimum atomic E-state index is 0.0337. The van der Waals surface area contributed by atoms with E-state index in [1.807, 2.05) is 11.8 Å². The maximum atomic E-state index is 11.8. The molecule has 1 fully saturated rings. The lowest BCUT2D eigenvalue weighted by molar-refractivity contribution is -0.147. The Morgan fingerprint density at radius 3 is 2.17 bits per heavy atom. The molecular weight excluding hydrogens is 318 g/mol. The predicted octanol–water partition coefficient (Wildman–Crippen LogP) is 5.57. The first kappa shape index (κ1) is 21.5. The summed E-state index contributed by atoms with van der Waals surface area (Å²) in [5.74, 6) is 1.13. The summed E-state index contributed by atoms with van der Waals surface area (Å²) in [6.45, 7) is 5.16. The molecule has 0 bridgehead atoms. The lowest BCUT2D eigenvalue weighted by atomic mass is 10.1. The number of amides is 2. The van der Waals surface area contributed by atoms with Crippen molar-refractivity contribution in [3.8, 4) is 0 Å². The Morgan fingerprint density at radius 2 is 1.54 bits per heavy atom. The van der Waals surface area contributed by atoms with Crippen LogP contribution >= 0.6 is 11.8 Å². The smallest absolute Gasteiger partial charge is 0.229 e. The molecule has 1 heterocycles. The summed E-state index contributed by atoms with van der Waals surface area (Å²) in [5, 5.41) is 0.744. The van der Waals surface area contributed by atoms with Gasteiger partial charge in [-0.05, 0) is 31.4 Å². The molecule has 1 aliphatic rings. The van der Waals surface area contributed by atoms with Gasteiger partial charge in [-0.1, -0.05) is 58.8 Å². The number of imide groups is 1. The van der Waals surface area contributed by atoms with E-state index >= 15 is 0 Å². The molecule has 1 aliphatic heterocycles. The Labute approximate surface area is 153 Å². The van der Waals surface area contributed by atoms with E-state index in [1.54, 1.807) is 0 Å². The number of hydrogen-bond acceptors (Lipinski definition) is 3. The summed E-state index contributed by atoms with van der Waals surface area (Å²) in [6, 6.07) is 0. The first-order valence-corrected chi connectivity index (χ1v) is 11.2. The number of carbonyl (C=O) groups is 2. The van der Waals surface area contributed by atoms with Crippen LogP contribution in [0.15, 0.2) is 0 Å². The summed E-state index contributed by atoms with van der Waals surface area (Å²) in [7, 11) is 0. The van der Waals surface area contributed by atoms with E-state index in [2.05, 4.69) is 13.8 Å². The molecule has 0 radical (unpaired) electrons. The molecule has 0 aliphatic carbocycles. The highest BCUT2D eigenvalue weighted by atomic mass is 32.2. The second-order valence-corrected chi connectivity index (χ2v) is 8.37. The van der Waals surface area contributed by atoms with Crippen LogP contribution in [0.5, 0.6) is 0 Å². The number of thioether (sulfide) groups is 1. The van der Waals surface area contributed by atoms with Crippen molar-refractivity contribution in [3.63, 3.8) is 0 Å². The van der Waals surface area contributed by atoms with Crippen molar-refractivity contribution >= 4 is 23.6 Å². The molecule has 0 aromatic rings. The number of carbonyl (C=O) groups excluding carboxylic acids is 2. The quantitative estimate of drug-likeness (QED) is 0.302. The minimum absolute atomic E-state index is 0.0337. The van der Waals surface area contributed by atoms with Crippen LogP contribution < -0.4 is 0 Å². The molecule has 24 heavy (non-hydrogen) atoms. The Kier molecular flexibility index (Phi) is 12.3. The van der Waals surface area contributed by atoms with Gasteiger partial charge in [-0.25, -0.2) is 0 Å². The molecule has 140 valence electrons. The summed E-state index contributed by atoms with van der Waals surface area (Å²) >= 11 is 2.04. The third-order valence-corrected chi connectivity index (χ3v) is 6.41. The first-order chi connectivity index (χ1) is 11.7. The van der Waals surface area contributed by atoms with Crippen molar-refractivity contribution in [2.24, 2.45) is 0 Å². The molecule has 1 saturated heterocycles. The largest absolute Gasteiger partial charge is 0.283 e. The van der Waals surface area contributed by atoms with Crippen LogP contribution in [0.3, 0.4) is 0 Å². The van der Waals surface area contributed by atoms with Crippen LogP contribution in [0.4, 0.5) is 0 Å². The lowest BCUT2D eigenvalue weighted by Crippen LogP contribution is -2.40. The van der Waals surface area contributed by atoms with Gasteiger partial charge in [0, 0.05) is 24.6 Å². The minimum Gasteiger partial charge on any atom is -0.283 e. The van der Waals surface area contributed by atoms with Crippen molar-refractivity contribution < 1.29 is 9.59 Å². The van der Waals surface area contributed by atoms with Crippen LogP contribution in [0, 0.1) is 0 Å². The monoisotopic (exact) mass is 355 g/mol. The van der Waals surface area contributed by atoms with Gasteiger partial charge in [0.15, 0.2) is 0 Å². The zero-order chi connectivity index (χ0) is 17.6. The number of likely N-dealkylation sites (tertiary alicyclic amines) is 1. The summed E-state index contributed by atoms with van der Waals surface area (Å²) in [6.07, 6.45) is 14.9. The normalized spacial score (nSPS) is 16.7. The molecule has 0 N–H and O–H groups in total. The standard InChI is InChI=1S/C20H37NO2S/c1-3-5-6-7-8-9-10-13-18(4-2)24-17-12-16-21-19(22)14-11-15-20(21)23/h18H,3-17H2,1-2H3. The van der Waals surface area contributed by atoms with Crippen molar-refractivity contribution in [1.29, 1.82) is 0 Å². The van der Waals surface area contributed by atoms with Gasteiger partial charge >= 0.3 is 0 Å². The highest BCUT2D eigenvalue weighted by Gasteiger charge is 2.25. The van der Waals surface area contributed by atoms with E-state index in [9.17, 15) is 9.59 Å². The van der Waals surface area contributed by atoms with Gasteiger partial charge in [-0.2, -0.15) is 11.8 Å². The summed E-state index contributed by atoms with van der Waals surface area (Å²) in [4.78, 5) is 25.0. The van der Waals surface area contributed by atoms with Gasteiger partial charge in [0.05, 0.1) is 0 Å². The predicted molar refractivity (Wildman–Crippen MR) is 104 cm³/mol. The number of unbranched alkanes of at least 4 members (excludes halogenated alkanes) is 6. The van der Waals surface area contributed by atoms with Gasteiger partial charge in [-0.3, -0.25) is 14.5 Å². The maximum Gasteiger partial charge on any atom is 0.229 e. The zero-order valence-corrected chi connectivity index (χ0v) is 16.7. The molecule has 1 atom stereocenters. The molecule has 3 nitrogen and oxygen atoms in total. The number of piperidine rings is 1. The Bertz CT molecular complexity index is 344. The van der Waals surface area contributed by atoms with Crippen molar-refractivity contribution in [2.75, 3.05) is 12.3 Å². The maximum absolute atomic E-state index is 11.8. The van der Waals surface area contributed by atoms with Crippen molar-refractivity contribution in [2.45, 2.75) is 103 Å². The topological polar surface area (TPSA) is 37.4 Å². The fourth-order valence-electron chi connectivity index (χ4n) is 3.26. The van der Waals surface area contributed by atoms with Gasteiger partial charge in [0.25, 0.3) is 0 Å². The Hall–Kier alpha value is -0.510. The third-order valence-electron chi connectivity index (χ3n) is 4.85. The van der Waals surface area contributed by atoms with E-state index in [0.29, 0.717) is 19.4 Å². The van der Waals surface area contributed by atoms with Crippen LogP contribution in [0.1, 0.15) is 97.3 Å². The highest BCUT2D eigenvalue weighted by Crippen LogP contribution is 2.23. The van der Waals surface area contributed by atoms with Crippen molar-refractivity contribution in [3.05, 3.63) is 0 Å². The number of nitrogens with zero attached hydrogens (tertiary/aromatic N) is 1. The fourth-order valence-corrected chi connectivity index (χ4v) is 4.45. The van der Waals surface area contributed by atoms with E-state index in [4.69, 9.17) is 0 Å². The Balaban J connectivity index is 2.04. The van der Waals surface area contributed by atoms with Crippen molar-refractivity contribution in [1.82, 2.24) is 4.90 Å². The van der Waals surface area contributed by atoms with Gasteiger partial charge in [0.1, 0.15) is 0 Å². The number of rotatable bonds is 14. The average Bonchev–Trinajstić information content (AvgIpc) is 2.58. The van der Waals surface area contributed by atoms with Crippen LogP contribution in [-0.2, 0) is 9.59 Å². The second-order valence-electron chi connectivity index (χ2n) is 6.96. The van der Waals surface area contributed by atoms with Crippen LogP contribution in [0.25, 0.3) is 0 Å². The van der Waals surface area contributed by atoms with Gasteiger partial charge in [-0.15, -0.1) is 0 Å². The summed E-state index contributed by atoms with van der Waals surface area (Å²) in [5.41, 5.74) is 0. The third kappa shape index (κ3) is 9.10. The molecule has 0 aromatic carbocycles. The van der Waals surface area contributed by atoms with E-state index in [1.165, 1.54) is 62.7 Å². The Morgan fingerprint density at radius 1 is 0.917 bits per heavy atom. The lowest BCUT2D eigenvalue weighted by Gasteiger charge is -2.25. The van der Waals surface area contributed by atoms with E-state index in [-0.39, 0.29) is 11.8 Å². The van der Waals surface area contributed by atoms with Gasteiger partial charge < -0.3 is 0 Å². The SMILES string of the molecule is CCCCCCCCCC(CC)SCCCN1C(=O)CCCC1=O. The molecule has 4 heteroatoms. The molecule has 2 amide bonds. The average molecular weight is 356 g/mol. The first-order valence-electron chi connectivity index (χ1n) is 10.1. The van der Waals surface area contributed by atoms with E-state index < -0.39 is 0 Å². The van der Waals surface area contributed by atoms with Gasteiger partial charge in [0.2, 0.25) is 11.8 Å². The van der Waals surface area contributed by atoms with Crippen LogP contribution in [-0.4, -0.2) is 34.3 Å². The zero-order valence-electron chi connectivity index (χ0n) is 15.9. The van der Waals surface area contributed by atoms with E-state index in [0.717, 1.165) is 23.8 Å². The number of hydrogen-bond donors (Lipinski definition) is 0. The highest BCUT2D eigenvalue weighted by molar-refractivity contribution is 7.99. The molecule has 1 unspecified atom stereocenters. The van der Waals surface area contributed by atoms with Crippen LogP contribution in [0.2, 0.25) is 0 Å². The fraction of sp³-hybridized carbons (Fsp3) is 0.900. The second kappa shape index (κ2) is 13.7. The molecule has 0 spiro atoms. The molecule has 0 saturated carbocycles.